The molecule has 0 saturated carbocycles. The van der Waals surface area contributed by atoms with Crippen LogP contribution in [0.25, 0.3) is 0 Å². The first-order chi connectivity index (χ1) is 9.45. The number of urea groups is 1. The molecule has 0 aliphatic carbocycles. The molecule has 1 aromatic carbocycles. The van der Waals surface area contributed by atoms with E-state index in [1.165, 1.54) is 0 Å². The summed E-state index contributed by atoms with van der Waals surface area (Å²) in [5.41, 5.74) is 1.56. The van der Waals surface area contributed by atoms with Crippen LogP contribution in [0.4, 0.5) is 10.5 Å². The van der Waals surface area contributed by atoms with Gasteiger partial charge in [0, 0.05) is 18.8 Å². The van der Waals surface area contributed by atoms with Gasteiger partial charge in [0.2, 0.25) is 0 Å². The maximum atomic E-state index is 12.2. The van der Waals surface area contributed by atoms with Gasteiger partial charge in [-0.05, 0) is 38.5 Å². The molecule has 110 valence electrons. The van der Waals surface area contributed by atoms with Gasteiger partial charge < -0.3 is 20.1 Å². The maximum Gasteiger partial charge on any atom is 0.322 e. The molecule has 1 fully saturated rings. The Morgan fingerprint density at radius 3 is 2.35 bits per heavy atom. The molecule has 0 aromatic heterocycles. The first-order valence-electron chi connectivity index (χ1n) is 6.95. The summed E-state index contributed by atoms with van der Waals surface area (Å²) in [5.74, 6) is 0. The number of aliphatic hydroxyl groups excluding tert-OH is 1. The lowest BCUT2D eigenvalue weighted by Crippen LogP contribution is -2.49. The summed E-state index contributed by atoms with van der Waals surface area (Å²) >= 11 is 0. The second-order valence-corrected chi connectivity index (χ2v) is 5.39. The van der Waals surface area contributed by atoms with Gasteiger partial charge in [0.15, 0.2) is 0 Å². The number of anilines is 1. The number of hydrogen-bond donors (Lipinski definition) is 2. The van der Waals surface area contributed by atoms with Crippen molar-refractivity contribution in [1.82, 2.24) is 4.90 Å². The number of benzene rings is 1. The van der Waals surface area contributed by atoms with E-state index in [0.717, 1.165) is 11.3 Å². The lowest BCUT2D eigenvalue weighted by Gasteiger charge is -2.35. The van der Waals surface area contributed by atoms with Gasteiger partial charge in [-0.1, -0.05) is 12.1 Å². The third-order valence-electron chi connectivity index (χ3n) is 3.35. The molecule has 0 bridgehead atoms. The molecule has 1 heterocycles. The third kappa shape index (κ3) is 3.71. The SMILES string of the molecule is CC(O)c1ccc(NC(=O)N2C[C@@H](C)O[C@@H](C)C2)cc1. The largest absolute Gasteiger partial charge is 0.389 e. The number of aliphatic hydroxyl groups is 1. The van der Waals surface area contributed by atoms with Gasteiger partial charge >= 0.3 is 6.03 Å². The lowest BCUT2D eigenvalue weighted by atomic mass is 10.1. The second kappa shape index (κ2) is 6.24. The molecule has 5 heteroatoms. The Morgan fingerprint density at radius 1 is 1.30 bits per heavy atom. The normalized spacial score (nSPS) is 24.3. The van der Waals surface area contributed by atoms with Gasteiger partial charge in [0.25, 0.3) is 0 Å². The average Bonchev–Trinajstić information content (AvgIpc) is 2.38. The molecule has 1 unspecified atom stereocenters. The van der Waals surface area contributed by atoms with E-state index in [9.17, 15) is 9.90 Å². The van der Waals surface area contributed by atoms with Crippen molar-refractivity contribution in [3.05, 3.63) is 29.8 Å². The van der Waals surface area contributed by atoms with Gasteiger partial charge in [-0.25, -0.2) is 4.79 Å². The molecule has 20 heavy (non-hydrogen) atoms. The van der Waals surface area contributed by atoms with E-state index in [1.54, 1.807) is 24.0 Å². The van der Waals surface area contributed by atoms with E-state index in [1.807, 2.05) is 26.0 Å². The number of amides is 2. The van der Waals surface area contributed by atoms with Gasteiger partial charge in [-0.15, -0.1) is 0 Å². The molecule has 0 radical (unpaired) electrons. The monoisotopic (exact) mass is 278 g/mol. The minimum absolute atomic E-state index is 0.0575. The van der Waals surface area contributed by atoms with Crippen LogP contribution >= 0.6 is 0 Å². The second-order valence-electron chi connectivity index (χ2n) is 5.39. The molecular weight excluding hydrogens is 256 g/mol. The molecule has 1 aliphatic rings. The summed E-state index contributed by atoms with van der Waals surface area (Å²) in [4.78, 5) is 14.0. The number of nitrogens with one attached hydrogen (secondary N) is 1. The molecule has 0 spiro atoms. The number of hydrogen-bond acceptors (Lipinski definition) is 3. The third-order valence-corrected chi connectivity index (χ3v) is 3.35. The molecule has 3 atom stereocenters. The zero-order valence-corrected chi connectivity index (χ0v) is 12.2. The molecular formula is C15H22N2O3. The summed E-state index contributed by atoms with van der Waals surface area (Å²) in [6, 6.07) is 7.10. The molecule has 5 nitrogen and oxygen atoms in total. The van der Waals surface area contributed by atoms with Crippen LogP contribution < -0.4 is 5.32 Å². The fourth-order valence-corrected chi connectivity index (χ4v) is 2.39. The van der Waals surface area contributed by atoms with Gasteiger partial charge in [0.1, 0.15) is 0 Å². The van der Waals surface area contributed by atoms with Crippen molar-refractivity contribution in [1.29, 1.82) is 0 Å². The number of carbonyl (C=O) groups is 1. The maximum absolute atomic E-state index is 12.2. The first kappa shape index (κ1) is 14.8. The highest BCUT2D eigenvalue weighted by Gasteiger charge is 2.25. The van der Waals surface area contributed by atoms with Crippen LogP contribution in [0.3, 0.4) is 0 Å². The van der Waals surface area contributed by atoms with Crippen LogP contribution in [0.5, 0.6) is 0 Å². The van der Waals surface area contributed by atoms with Crippen molar-refractivity contribution in [3.8, 4) is 0 Å². The van der Waals surface area contributed by atoms with Crippen molar-refractivity contribution < 1.29 is 14.6 Å². The molecule has 1 aromatic rings. The predicted octanol–water partition coefficient (Wildman–Crippen LogP) is 2.38. The Bertz CT molecular complexity index is 449. The fraction of sp³-hybridized carbons (Fsp3) is 0.533. The standard InChI is InChI=1S/C15H22N2O3/c1-10-8-17(9-11(2)20-10)15(19)16-14-6-4-13(5-7-14)12(3)18/h4-7,10-12,18H,8-9H2,1-3H3,(H,16,19)/t10-,11+,12?. The smallest absolute Gasteiger partial charge is 0.322 e. The topological polar surface area (TPSA) is 61.8 Å². The fourth-order valence-electron chi connectivity index (χ4n) is 2.39. The lowest BCUT2D eigenvalue weighted by molar-refractivity contribution is -0.0530. The summed E-state index contributed by atoms with van der Waals surface area (Å²) in [7, 11) is 0. The quantitative estimate of drug-likeness (QED) is 0.873. The number of ether oxygens (including phenoxy) is 1. The minimum atomic E-state index is -0.499. The van der Waals surface area contributed by atoms with Crippen LogP contribution in [0.1, 0.15) is 32.4 Å². The summed E-state index contributed by atoms with van der Waals surface area (Å²) in [6.45, 7) is 6.84. The number of carbonyl (C=O) groups excluding carboxylic acids is 1. The Balaban J connectivity index is 1.97. The predicted molar refractivity (Wildman–Crippen MR) is 77.7 cm³/mol. The zero-order chi connectivity index (χ0) is 14.7. The summed E-state index contributed by atoms with van der Waals surface area (Å²) in [6.07, 6.45) is -0.384. The zero-order valence-electron chi connectivity index (χ0n) is 12.2. The summed E-state index contributed by atoms with van der Waals surface area (Å²) in [5, 5.41) is 12.3. The molecule has 2 N–H and O–H groups in total. The van der Waals surface area contributed by atoms with Crippen LogP contribution in [0.15, 0.2) is 24.3 Å². The Hall–Kier alpha value is -1.59. The number of nitrogens with zero attached hydrogens (tertiary/aromatic N) is 1. The van der Waals surface area contributed by atoms with Crippen molar-refractivity contribution in [2.24, 2.45) is 0 Å². The Morgan fingerprint density at radius 2 is 1.85 bits per heavy atom. The Kier molecular flexibility index (Phi) is 4.62. The average molecular weight is 278 g/mol. The summed E-state index contributed by atoms with van der Waals surface area (Å²) < 4.78 is 5.61. The van der Waals surface area contributed by atoms with E-state index in [4.69, 9.17) is 4.74 Å². The molecule has 1 aliphatic heterocycles. The van der Waals surface area contributed by atoms with E-state index in [-0.39, 0.29) is 18.2 Å². The van der Waals surface area contributed by atoms with E-state index >= 15 is 0 Å². The van der Waals surface area contributed by atoms with Gasteiger partial charge in [-0.2, -0.15) is 0 Å². The Labute approximate surface area is 119 Å². The van der Waals surface area contributed by atoms with Crippen LogP contribution in [-0.4, -0.2) is 41.3 Å². The van der Waals surface area contributed by atoms with Crippen molar-refractivity contribution in [3.63, 3.8) is 0 Å². The number of morpholine rings is 1. The van der Waals surface area contributed by atoms with Crippen LogP contribution in [0, 0.1) is 0 Å². The highest BCUT2D eigenvalue weighted by Crippen LogP contribution is 2.17. The first-order valence-corrected chi connectivity index (χ1v) is 6.95. The van der Waals surface area contributed by atoms with Crippen LogP contribution in [-0.2, 0) is 4.74 Å². The van der Waals surface area contributed by atoms with Gasteiger partial charge in [-0.3, -0.25) is 0 Å². The van der Waals surface area contributed by atoms with Crippen molar-refractivity contribution in [2.45, 2.75) is 39.1 Å². The van der Waals surface area contributed by atoms with E-state index in [0.29, 0.717) is 13.1 Å². The highest BCUT2D eigenvalue weighted by molar-refractivity contribution is 5.89. The molecule has 2 amide bonds. The van der Waals surface area contributed by atoms with Gasteiger partial charge in [0.05, 0.1) is 18.3 Å². The van der Waals surface area contributed by atoms with E-state index < -0.39 is 6.10 Å². The highest BCUT2D eigenvalue weighted by atomic mass is 16.5. The van der Waals surface area contributed by atoms with Crippen molar-refractivity contribution in [2.75, 3.05) is 18.4 Å². The van der Waals surface area contributed by atoms with E-state index in [2.05, 4.69) is 5.32 Å². The van der Waals surface area contributed by atoms with Crippen LogP contribution in [0.2, 0.25) is 0 Å². The van der Waals surface area contributed by atoms with Crippen molar-refractivity contribution >= 4 is 11.7 Å². The minimum Gasteiger partial charge on any atom is -0.389 e. The number of rotatable bonds is 2. The molecule has 1 saturated heterocycles. The molecule has 2 rings (SSSR count).